The number of piperazine rings is 1. The molecule has 0 aromatic heterocycles. The monoisotopic (exact) mass is 476 g/mol. The molecule has 4 rings (SSSR count). The van der Waals surface area contributed by atoms with Crippen molar-refractivity contribution < 1.29 is 18.0 Å². The molecule has 0 aliphatic carbocycles. The molecule has 2 heterocycles. The summed E-state index contributed by atoms with van der Waals surface area (Å²) < 4.78 is 23.3. The summed E-state index contributed by atoms with van der Waals surface area (Å²) in [6, 6.07) is 11.5. The number of nitrogens with two attached hydrogens (primary N) is 1. The van der Waals surface area contributed by atoms with Crippen molar-refractivity contribution in [3.05, 3.63) is 58.6 Å². The average Bonchev–Trinajstić information content (AvgIpc) is 3.08. The van der Waals surface area contributed by atoms with Crippen LogP contribution in [0.1, 0.15) is 22.8 Å². The first-order valence-corrected chi connectivity index (χ1v) is 12.3. The second kappa shape index (κ2) is 8.82. The summed E-state index contributed by atoms with van der Waals surface area (Å²) in [4.78, 5) is 31.4. The molecule has 2 aliphatic rings. The molecule has 170 valence electrons. The van der Waals surface area contributed by atoms with Gasteiger partial charge in [0.25, 0.3) is 5.91 Å². The van der Waals surface area contributed by atoms with Crippen molar-refractivity contribution in [2.75, 3.05) is 37.6 Å². The molecule has 2 aromatic rings. The van der Waals surface area contributed by atoms with Crippen molar-refractivity contribution in [2.45, 2.75) is 24.3 Å². The molecule has 2 N–H and O–H groups in total. The van der Waals surface area contributed by atoms with Gasteiger partial charge in [0.2, 0.25) is 15.9 Å². The standard InChI is InChI=1S/C22H25ClN4O4S/c1-15-11-17-13-19(32(24,30)31)5-6-20(17)27(15)21(28)14-25-7-9-26(10-8-25)22(29)16-3-2-4-18(23)12-16/h2-6,12-13,15H,7-11,14H2,1H3,(H2,24,30,31). The molecule has 10 heteroatoms. The van der Waals surface area contributed by atoms with Gasteiger partial charge in [-0.25, -0.2) is 13.6 Å². The maximum absolute atomic E-state index is 13.1. The van der Waals surface area contributed by atoms with E-state index in [4.69, 9.17) is 16.7 Å². The predicted octanol–water partition coefficient (Wildman–Crippen LogP) is 1.72. The highest BCUT2D eigenvalue weighted by atomic mass is 35.5. The molecular weight excluding hydrogens is 452 g/mol. The number of fused-ring (bicyclic) bond motifs is 1. The Morgan fingerprint density at radius 2 is 1.81 bits per heavy atom. The fraction of sp³-hybridized carbons (Fsp3) is 0.364. The van der Waals surface area contributed by atoms with E-state index < -0.39 is 10.0 Å². The summed E-state index contributed by atoms with van der Waals surface area (Å²) in [5.41, 5.74) is 2.09. The summed E-state index contributed by atoms with van der Waals surface area (Å²) in [5, 5.41) is 5.76. The third-order valence-corrected chi connectivity index (χ3v) is 7.10. The molecule has 8 nitrogen and oxygen atoms in total. The van der Waals surface area contributed by atoms with Crippen molar-refractivity contribution in [1.82, 2.24) is 9.80 Å². The number of benzene rings is 2. The number of rotatable bonds is 4. The summed E-state index contributed by atoms with van der Waals surface area (Å²) in [6.07, 6.45) is 0.576. The van der Waals surface area contributed by atoms with Gasteiger partial charge in [0.15, 0.2) is 0 Å². The molecule has 2 aromatic carbocycles. The summed E-state index contributed by atoms with van der Waals surface area (Å²) in [5.74, 6) is -0.111. The van der Waals surface area contributed by atoms with Gasteiger partial charge in [-0.3, -0.25) is 14.5 Å². The fourth-order valence-electron chi connectivity index (χ4n) is 4.35. The van der Waals surface area contributed by atoms with E-state index in [9.17, 15) is 18.0 Å². The molecule has 1 unspecified atom stereocenters. The molecule has 1 saturated heterocycles. The lowest BCUT2D eigenvalue weighted by molar-refractivity contribution is -0.120. The van der Waals surface area contributed by atoms with E-state index in [1.807, 2.05) is 11.8 Å². The van der Waals surface area contributed by atoms with E-state index in [0.29, 0.717) is 43.2 Å². The van der Waals surface area contributed by atoms with Gasteiger partial charge in [-0.15, -0.1) is 0 Å². The van der Waals surface area contributed by atoms with Crippen LogP contribution < -0.4 is 10.0 Å². The average molecular weight is 477 g/mol. The number of primary sulfonamides is 1. The highest BCUT2D eigenvalue weighted by molar-refractivity contribution is 7.89. The number of carbonyl (C=O) groups excluding carboxylic acids is 2. The zero-order valence-electron chi connectivity index (χ0n) is 17.7. The van der Waals surface area contributed by atoms with E-state index in [-0.39, 0.29) is 29.3 Å². The van der Waals surface area contributed by atoms with Gasteiger partial charge in [-0.1, -0.05) is 17.7 Å². The Morgan fingerprint density at radius 3 is 2.47 bits per heavy atom. The Balaban J connectivity index is 1.38. The molecule has 0 saturated carbocycles. The number of nitrogens with zero attached hydrogens (tertiary/aromatic N) is 3. The summed E-state index contributed by atoms with van der Waals surface area (Å²) in [6.45, 7) is 4.43. The van der Waals surface area contributed by atoms with Gasteiger partial charge in [0, 0.05) is 48.5 Å². The molecule has 1 fully saturated rings. The van der Waals surface area contributed by atoms with Crippen LogP contribution in [0.15, 0.2) is 47.4 Å². The van der Waals surface area contributed by atoms with Gasteiger partial charge >= 0.3 is 0 Å². The van der Waals surface area contributed by atoms with Crippen LogP contribution in [0.25, 0.3) is 0 Å². The number of sulfonamides is 1. The van der Waals surface area contributed by atoms with Crippen LogP contribution in [0, 0.1) is 0 Å². The fourth-order valence-corrected chi connectivity index (χ4v) is 5.10. The van der Waals surface area contributed by atoms with Crippen molar-refractivity contribution in [3.63, 3.8) is 0 Å². The smallest absolute Gasteiger partial charge is 0.253 e. The minimum Gasteiger partial charge on any atom is -0.336 e. The lowest BCUT2D eigenvalue weighted by Gasteiger charge is -2.35. The maximum atomic E-state index is 13.1. The number of carbonyl (C=O) groups is 2. The SMILES string of the molecule is CC1Cc2cc(S(N)(=O)=O)ccc2N1C(=O)CN1CCN(C(=O)c2cccc(Cl)c2)CC1. The lowest BCUT2D eigenvalue weighted by Crippen LogP contribution is -2.52. The van der Waals surface area contributed by atoms with Crippen LogP contribution >= 0.6 is 11.6 Å². The van der Waals surface area contributed by atoms with Crippen LogP contribution in [-0.4, -0.2) is 68.8 Å². The maximum Gasteiger partial charge on any atom is 0.253 e. The quantitative estimate of drug-likeness (QED) is 0.723. The molecule has 32 heavy (non-hydrogen) atoms. The van der Waals surface area contributed by atoms with Crippen LogP contribution in [0.4, 0.5) is 5.69 Å². The van der Waals surface area contributed by atoms with Crippen molar-refractivity contribution >= 4 is 39.1 Å². The third kappa shape index (κ3) is 4.66. The Kier molecular flexibility index (Phi) is 6.26. The summed E-state index contributed by atoms with van der Waals surface area (Å²) >= 11 is 5.99. The van der Waals surface area contributed by atoms with Gasteiger partial charge in [0.1, 0.15) is 0 Å². The topological polar surface area (TPSA) is 104 Å². The second-order valence-electron chi connectivity index (χ2n) is 8.23. The van der Waals surface area contributed by atoms with E-state index in [2.05, 4.69) is 0 Å². The van der Waals surface area contributed by atoms with Gasteiger partial charge in [-0.2, -0.15) is 0 Å². The Bertz CT molecular complexity index is 1160. The van der Waals surface area contributed by atoms with E-state index in [1.54, 1.807) is 46.2 Å². The van der Waals surface area contributed by atoms with Crippen molar-refractivity contribution in [1.29, 1.82) is 0 Å². The number of hydrogen-bond acceptors (Lipinski definition) is 5. The Hall–Kier alpha value is -2.46. The molecule has 1 atom stereocenters. The zero-order chi connectivity index (χ0) is 23.0. The van der Waals surface area contributed by atoms with Crippen molar-refractivity contribution in [2.24, 2.45) is 5.14 Å². The molecule has 0 spiro atoms. The molecule has 0 radical (unpaired) electrons. The lowest BCUT2D eigenvalue weighted by atomic mass is 10.1. The highest BCUT2D eigenvalue weighted by Gasteiger charge is 2.33. The number of amides is 2. The normalized spacial score (nSPS) is 19.2. The first kappa shape index (κ1) is 22.7. The molecule has 2 amide bonds. The van der Waals surface area contributed by atoms with Crippen LogP contribution in [0.2, 0.25) is 5.02 Å². The minimum absolute atomic E-state index is 0.0470. The largest absolute Gasteiger partial charge is 0.336 e. The number of halogens is 1. The predicted molar refractivity (Wildman–Crippen MR) is 122 cm³/mol. The third-order valence-electron chi connectivity index (χ3n) is 5.95. The van der Waals surface area contributed by atoms with Crippen LogP contribution in [0.5, 0.6) is 0 Å². The van der Waals surface area contributed by atoms with E-state index in [1.165, 1.54) is 6.07 Å². The zero-order valence-corrected chi connectivity index (χ0v) is 19.3. The minimum atomic E-state index is -3.79. The van der Waals surface area contributed by atoms with Gasteiger partial charge in [0.05, 0.1) is 11.4 Å². The number of hydrogen-bond donors (Lipinski definition) is 1. The molecular formula is C22H25ClN4O4S. The van der Waals surface area contributed by atoms with E-state index >= 15 is 0 Å². The first-order valence-electron chi connectivity index (χ1n) is 10.4. The van der Waals surface area contributed by atoms with E-state index in [0.717, 1.165) is 11.3 Å². The van der Waals surface area contributed by atoms with Crippen molar-refractivity contribution in [3.8, 4) is 0 Å². The van der Waals surface area contributed by atoms with Gasteiger partial charge < -0.3 is 9.80 Å². The Labute approximate surface area is 192 Å². The van der Waals surface area contributed by atoms with Crippen LogP contribution in [0.3, 0.4) is 0 Å². The molecule has 0 bridgehead atoms. The first-order chi connectivity index (χ1) is 15.1. The van der Waals surface area contributed by atoms with Gasteiger partial charge in [-0.05, 0) is 55.3 Å². The van der Waals surface area contributed by atoms with Crippen LogP contribution in [-0.2, 0) is 21.2 Å². The molecule has 2 aliphatic heterocycles. The Morgan fingerprint density at radius 1 is 1.09 bits per heavy atom. The highest BCUT2D eigenvalue weighted by Crippen LogP contribution is 2.34. The summed E-state index contributed by atoms with van der Waals surface area (Å²) in [7, 11) is -3.79. The second-order valence-corrected chi connectivity index (χ2v) is 10.2. The number of anilines is 1.